The van der Waals surface area contributed by atoms with Gasteiger partial charge in [0.25, 0.3) is 4.84 Å². The maximum absolute atomic E-state index is 15.2. The number of carbonyl (C=O) groups is 1. The van der Waals surface area contributed by atoms with E-state index in [1.165, 1.54) is 12.3 Å². The summed E-state index contributed by atoms with van der Waals surface area (Å²) in [6.45, 7) is 2.84. The summed E-state index contributed by atoms with van der Waals surface area (Å²) in [5.41, 5.74) is 0.709. The number of piperazine rings is 1. The lowest BCUT2D eigenvalue weighted by atomic mass is 10.1. The summed E-state index contributed by atoms with van der Waals surface area (Å²) in [4.78, 5) is 32.7. The van der Waals surface area contributed by atoms with Gasteiger partial charge in [0, 0.05) is 56.2 Å². The fraction of sp³-hybridized carbons (Fsp3) is 0.320. The Hall–Kier alpha value is -3.90. The van der Waals surface area contributed by atoms with Gasteiger partial charge in [0.15, 0.2) is 0 Å². The summed E-state index contributed by atoms with van der Waals surface area (Å²) >= 11 is 5.34. The zero-order chi connectivity index (χ0) is 25.7. The second kappa shape index (κ2) is 9.20. The minimum atomic E-state index is -1.30. The number of anilines is 1. The van der Waals surface area contributed by atoms with E-state index in [4.69, 9.17) is 16.6 Å². The number of hydrogen-bond acceptors (Lipinski definition) is 8. The van der Waals surface area contributed by atoms with Crippen molar-refractivity contribution >= 4 is 34.8 Å². The van der Waals surface area contributed by atoms with Crippen LogP contribution >= 0.6 is 12.2 Å². The van der Waals surface area contributed by atoms with Crippen LogP contribution in [0.2, 0.25) is 0 Å². The molecule has 10 nitrogen and oxygen atoms in total. The zero-order valence-electron chi connectivity index (χ0n) is 19.7. The first-order valence-electron chi connectivity index (χ1n) is 12.0. The summed E-state index contributed by atoms with van der Waals surface area (Å²) in [5.74, 6) is -1.44. The third-order valence-electron chi connectivity index (χ3n) is 6.83. The maximum Gasteiger partial charge on any atom is 0.341 e. The second-order valence-electron chi connectivity index (χ2n) is 9.30. The second-order valence-corrected chi connectivity index (χ2v) is 9.65. The highest BCUT2D eigenvalue weighted by molar-refractivity contribution is 7.71. The van der Waals surface area contributed by atoms with E-state index in [9.17, 15) is 14.7 Å². The number of nitrogens with zero attached hydrogens (tertiary/aromatic N) is 6. The smallest absolute Gasteiger partial charge is 0.341 e. The molecule has 0 atom stereocenters. The van der Waals surface area contributed by atoms with Gasteiger partial charge in [-0.2, -0.15) is 0 Å². The predicted octanol–water partition coefficient (Wildman–Crippen LogP) is 3.53. The van der Waals surface area contributed by atoms with Crippen molar-refractivity contribution in [2.75, 3.05) is 31.1 Å². The largest absolute Gasteiger partial charge is 0.477 e. The van der Waals surface area contributed by atoms with Gasteiger partial charge in [0.05, 0.1) is 23.4 Å². The van der Waals surface area contributed by atoms with E-state index in [0.717, 1.165) is 18.4 Å². The van der Waals surface area contributed by atoms with Crippen molar-refractivity contribution in [2.45, 2.75) is 25.6 Å². The molecule has 0 spiro atoms. The van der Waals surface area contributed by atoms with Gasteiger partial charge >= 0.3 is 5.97 Å². The molecule has 1 saturated carbocycles. The van der Waals surface area contributed by atoms with Crippen LogP contribution in [0, 0.1) is 10.7 Å². The van der Waals surface area contributed by atoms with E-state index in [2.05, 4.69) is 15.0 Å². The highest BCUT2D eigenvalue weighted by atomic mass is 32.1. The third-order valence-corrected chi connectivity index (χ3v) is 7.13. The lowest BCUT2D eigenvalue weighted by Gasteiger charge is -2.36. The van der Waals surface area contributed by atoms with E-state index in [1.807, 2.05) is 15.5 Å². The molecule has 190 valence electrons. The van der Waals surface area contributed by atoms with Crippen molar-refractivity contribution in [3.63, 3.8) is 0 Å². The lowest BCUT2D eigenvalue weighted by Crippen LogP contribution is -2.47. The number of carboxylic acid groups (broad SMARTS) is 1. The van der Waals surface area contributed by atoms with E-state index in [0.29, 0.717) is 49.9 Å². The van der Waals surface area contributed by atoms with Gasteiger partial charge in [-0.1, -0.05) is 0 Å². The Balaban J connectivity index is 1.22. The Morgan fingerprint density at radius 3 is 2.68 bits per heavy atom. The van der Waals surface area contributed by atoms with Crippen LogP contribution in [0.5, 0.6) is 0 Å². The molecule has 1 N–H and O–H groups in total. The van der Waals surface area contributed by atoms with Gasteiger partial charge in [-0.15, -0.1) is 5.10 Å². The summed E-state index contributed by atoms with van der Waals surface area (Å²) in [7, 11) is 0. The van der Waals surface area contributed by atoms with Crippen molar-refractivity contribution in [3.8, 4) is 11.5 Å². The topological polar surface area (TPSA) is 110 Å². The van der Waals surface area contributed by atoms with Crippen LogP contribution in [0.1, 0.15) is 29.2 Å². The summed E-state index contributed by atoms with van der Waals surface area (Å²) in [5, 5.41) is 14.0. The van der Waals surface area contributed by atoms with Crippen LogP contribution in [0.25, 0.3) is 22.4 Å². The molecule has 1 aromatic carbocycles. The van der Waals surface area contributed by atoms with Gasteiger partial charge in [-0.05, 0) is 49.3 Å². The molecule has 6 rings (SSSR count). The molecule has 4 heterocycles. The summed E-state index contributed by atoms with van der Waals surface area (Å²) in [6.07, 6.45) is 6.52. The molecule has 1 aliphatic carbocycles. The Bertz CT molecular complexity index is 1620. The van der Waals surface area contributed by atoms with Gasteiger partial charge in [0.1, 0.15) is 11.4 Å². The number of rotatable bonds is 6. The molecular weight excluding hydrogens is 499 g/mol. The number of aromatic carboxylic acids is 1. The van der Waals surface area contributed by atoms with Crippen LogP contribution < -0.4 is 10.3 Å². The first-order chi connectivity index (χ1) is 17.9. The van der Waals surface area contributed by atoms with Crippen LogP contribution in [0.3, 0.4) is 0 Å². The molecule has 37 heavy (non-hydrogen) atoms. The van der Waals surface area contributed by atoms with E-state index in [1.54, 1.807) is 29.2 Å². The number of hydrogen-bond donors (Lipinski definition) is 1. The van der Waals surface area contributed by atoms with Crippen LogP contribution in [0.15, 0.2) is 52.1 Å². The fourth-order valence-corrected chi connectivity index (χ4v) is 4.91. The van der Waals surface area contributed by atoms with Gasteiger partial charge < -0.3 is 19.0 Å². The van der Waals surface area contributed by atoms with Crippen molar-refractivity contribution in [1.82, 2.24) is 24.2 Å². The number of pyridine rings is 2. The predicted molar refractivity (Wildman–Crippen MR) is 136 cm³/mol. The number of benzene rings is 1. The number of halogens is 1. The summed E-state index contributed by atoms with van der Waals surface area (Å²) < 4.78 is 24.3. The minimum Gasteiger partial charge on any atom is -0.477 e. The average molecular weight is 523 g/mol. The van der Waals surface area contributed by atoms with Gasteiger partial charge in [-0.25, -0.2) is 13.9 Å². The minimum absolute atomic E-state index is 0.0940. The fourth-order valence-electron chi connectivity index (χ4n) is 4.73. The van der Waals surface area contributed by atoms with E-state index in [-0.39, 0.29) is 21.8 Å². The van der Waals surface area contributed by atoms with Crippen LogP contribution in [0.4, 0.5) is 10.1 Å². The highest BCUT2D eigenvalue weighted by Crippen LogP contribution is 2.38. The van der Waals surface area contributed by atoms with Crippen LogP contribution in [-0.2, 0) is 6.67 Å². The standard InChI is InChI=1S/C25H23FN6O4S/c26-19-10-17-20(31(16-3-4-16)13-18(22(17)33)24(34)35)11-21(19)30-8-6-29(7-9-30)14-32-25(37)36-23(28-32)15-2-1-5-27-12-15/h1-2,5,10-13,16H,3-4,6-9,14H2,(H,34,35). The third kappa shape index (κ3) is 4.42. The van der Waals surface area contributed by atoms with E-state index >= 15 is 4.39 Å². The molecular formula is C25H23FN6O4S. The molecule has 4 aromatic rings. The first kappa shape index (κ1) is 23.5. The molecule has 0 unspecified atom stereocenters. The monoisotopic (exact) mass is 522 g/mol. The number of carboxylic acids is 1. The van der Waals surface area contributed by atoms with Crippen molar-refractivity contribution in [2.24, 2.45) is 0 Å². The van der Waals surface area contributed by atoms with Gasteiger partial charge in [0.2, 0.25) is 11.3 Å². The zero-order valence-corrected chi connectivity index (χ0v) is 20.5. The van der Waals surface area contributed by atoms with E-state index < -0.39 is 17.2 Å². The highest BCUT2D eigenvalue weighted by Gasteiger charge is 2.28. The number of fused-ring (bicyclic) bond motifs is 1. The van der Waals surface area contributed by atoms with Crippen LogP contribution in [-0.4, -0.2) is 61.5 Å². The molecule has 3 aromatic heterocycles. The Morgan fingerprint density at radius 1 is 1.22 bits per heavy atom. The van der Waals surface area contributed by atoms with Crippen molar-refractivity contribution in [1.29, 1.82) is 0 Å². The molecule has 12 heteroatoms. The molecule has 2 aliphatic rings. The Morgan fingerprint density at radius 2 is 2.00 bits per heavy atom. The molecule has 1 saturated heterocycles. The normalized spacial score (nSPS) is 16.4. The SMILES string of the molecule is O=C(O)c1cn(C2CC2)c2cc(N3CCN(Cn4nc(-c5cccnc5)oc4=S)CC3)c(F)cc2c1=O. The van der Waals surface area contributed by atoms with Gasteiger partial charge in [-0.3, -0.25) is 14.7 Å². The Labute approximate surface area is 215 Å². The molecule has 0 bridgehead atoms. The number of aromatic nitrogens is 4. The van der Waals surface area contributed by atoms with Crippen molar-refractivity contribution in [3.05, 3.63) is 69.3 Å². The quantitative estimate of drug-likeness (QED) is 0.380. The van der Waals surface area contributed by atoms with Crippen molar-refractivity contribution < 1.29 is 18.7 Å². The molecule has 1 aliphatic heterocycles. The maximum atomic E-state index is 15.2. The molecule has 2 fully saturated rings. The molecule has 0 amide bonds. The Kier molecular flexibility index (Phi) is 5.84. The average Bonchev–Trinajstić information content (AvgIpc) is 3.68. The first-order valence-corrected chi connectivity index (χ1v) is 12.4. The lowest BCUT2D eigenvalue weighted by molar-refractivity contribution is 0.0695. The summed E-state index contributed by atoms with van der Waals surface area (Å²) in [6, 6.07) is 6.63. The molecule has 0 radical (unpaired) electrons.